The molecule has 1 aromatic heterocycles. The number of nitrogens with two attached hydrogens (primary N) is 1. The lowest BCUT2D eigenvalue weighted by Gasteiger charge is -1.98. The van der Waals surface area contributed by atoms with Crippen molar-refractivity contribution < 1.29 is 4.39 Å². The maximum atomic E-state index is 13.7. The number of nitrogens with zero attached hydrogens (tertiary/aromatic N) is 2. The summed E-state index contributed by atoms with van der Waals surface area (Å²) in [6, 6.07) is 4.78. The van der Waals surface area contributed by atoms with E-state index >= 15 is 0 Å². The first-order valence-corrected chi connectivity index (χ1v) is 5.84. The highest BCUT2D eigenvalue weighted by atomic mass is 32.1. The number of thiazole rings is 1. The number of hydrogen-bond acceptors (Lipinski definition) is 5. The molecular weight excluding hydrogens is 251 g/mol. The van der Waals surface area contributed by atoms with Crippen molar-refractivity contribution in [1.82, 2.24) is 4.98 Å². The first kappa shape index (κ1) is 12.1. The second-order valence-electron chi connectivity index (χ2n) is 3.30. The van der Waals surface area contributed by atoms with Crippen LogP contribution in [0.15, 0.2) is 28.7 Å². The van der Waals surface area contributed by atoms with Crippen molar-refractivity contribution in [3.05, 3.63) is 40.5 Å². The van der Waals surface area contributed by atoms with Crippen LogP contribution in [-0.4, -0.2) is 11.2 Å². The zero-order chi connectivity index (χ0) is 13.0. The molecule has 1 aromatic carbocycles. The standard InChI is InChI=1S/C12H9FN4S/c1-2-8-4-3-5-9(11(8)13)6-15-17-12-16-10(14)7-18-12/h1,3-7H,14H2,(H,16,17). The van der Waals surface area contributed by atoms with Crippen LogP contribution >= 0.6 is 11.3 Å². The Morgan fingerprint density at radius 2 is 2.39 bits per heavy atom. The van der Waals surface area contributed by atoms with Crippen molar-refractivity contribution >= 4 is 28.5 Å². The third-order valence-electron chi connectivity index (χ3n) is 2.07. The lowest BCUT2D eigenvalue weighted by Crippen LogP contribution is -1.95. The first-order chi connectivity index (χ1) is 8.70. The molecule has 4 nitrogen and oxygen atoms in total. The van der Waals surface area contributed by atoms with Gasteiger partial charge >= 0.3 is 0 Å². The fourth-order valence-electron chi connectivity index (χ4n) is 1.26. The highest BCUT2D eigenvalue weighted by molar-refractivity contribution is 7.14. The SMILES string of the molecule is C#Cc1cccc(C=NNc2nc(N)cs2)c1F. The van der Waals surface area contributed by atoms with Gasteiger partial charge in [-0.3, -0.25) is 5.43 Å². The summed E-state index contributed by atoms with van der Waals surface area (Å²) in [5.41, 5.74) is 8.62. The van der Waals surface area contributed by atoms with Crippen molar-refractivity contribution in [1.29, 1.82) is 0 Å². The smallest absolute Gasteiger partial charge is 0.205 e. The van der Waals surface area contributed by atoms with E-state index in [0.29, 0.717) is 16.5 Å². The minimum absolute atomic E-state index is 0.206. The van der Waals surface area contributed by atoms with Gasteiger partial charge in [-0.15, -0.1) is 17.8 Å². The van der Waals surface area contributed by atoms with Gasteiger partial charge in [0.25, 0.3) is 0 Å². The molecule has 0 aliphatic rings. The minimum Gasteiger partial charge on any atom is -0.383 e. The van der Waals surface area contributed by atoms with Gasteiger partial charge in [0, 0.05) is 10.9 Å². The van der Waals surface area contributed by atoms with Crippen LogP contribution in [0.2, 0.25) is 0 Å². The zero-order valence-corrected chi connectivity index (χ0v) is 10.0. The summed E-state index contributed by atoms with van der Waals surface area (Å²) in [7, 11) is 0. The quantitative estimate of drug-likeness (QED) is 0.505. The fraction of sp³-hybridized carbons (Fsp3) is 0. The number of terminal acetylenes is 1. The van der Waals surface area contributed by atoms with Crippen LogP contribution in [0.5, 0.6) is 0 Å². The molecule has 0 aliphatic carbocycles. The van der Waals surface area contributed by atoms with Crippen molar-refractivity contribution in [3.8, 4) is 12.3 Å². The van der Waals surface area contributed by atoms with E-state index in [2.05, 4.69) is 21.4 Å². The molecule has 0 aliphatic heterocycles. The van der Waals surface area contributed by atoms with Crippen LogP contribution in [0.3, 0.4) is 0 Å². The lowest BCUT2D eigenvalue weighted by molar-refractivity contribution is 0.622. The molecule has 0 unspecified atom stereocenters. The number of hydrazone groups is 1. The van der Waals surface area contributed by atoms with Crippen LogP contribution in [0, 0.1) is 18.2 Å². The molecule has 90 valence electrons. The van der Waals surface area contributed by atoms with Crippen LogP contribution in [-0.2, 0) is 0 Å². The summed E-state index contributed by atoms with van der Waals surface area (Å²) in [6.45, 7) is 0. The molecule has 0 amide bonds. The topological polar surface area (TPSA) is 63.3 Å². The Morgan fingerprint density at radius 1 is 1.56 bits per heavy atom. The monoisotopic (exact) mass is 260 g/mol. The molecule has 0 fully saturated rings. The maximum absolute atomic E-state index is 13.7. The largest absolute Gasteiger partial charge is 0.383 e. The number of halogens is 1. The molecule has 3 N–H and O–H groups in total. The third kappa shape index (κ3) is 2.64. The molecule has 1 heterocycles. The highest BCUT2D eigenvalue weighted by Gasteiger charge is 2.03. The predicted octanol–water partition coefficient (Wildman–Crippen LogP) is 2.29. The van der Waals surface area contributed by atoms with E-state index in [1.54, 1.807) is 17.5 Å². The second kappa shape index (κ2) is 5.29. The molecule has 2 rings (SSSR count). The molecular formula is C12H9FN4S. The van der Waals surface area contributed by atoms with Crippen molar-refractivity contribution in [2.24, 2.45) is 5.10 Å². The summed E-state index contributed by atoms with van der Waals surface area (Å²) in [5.74, 6) is 2.21. The van der Waals surface area contributed by atoms with E-state index in [4.69, 9.17) is 12.2 Å². The Labute approximate surface area is 107 Å². The fourth-order valence-corrected chi connectivity index (χ4v) is 1.80. The van der Waals surface area contributed by atoms with E-state index in [-0.39, 0.29) is 5.56 Å². The average Bonchev–Trinajstić information content (AvgIpc) is 2.77. The van der Waals surface area contributed by atoms with E-state index in [1.165, 1.54) is 23.6 Å². The summed E-state index contributed by atoms with van der Waals surface area (Å²) in [5, 5.41) is 6.09. The Kier molecular flexibility index (Phi) is 3.55. The normalized spacial score (nSPS) is 10.4. The van der Waals surface area contributed by atoms with Crippen molar-refractivity contribution in [2.45, 2.75) is 0 Å². The molecule has 0 saturated heterocycles. The summed E-state index contributed by atoms with van der Waals surface area (Å²) >= 11 is 1.31. The molecule has 0 atom stereocenters. The Balaban J connectivity index is 2.12. The number of anilines is 2. The number of nitrogens with one attached hydrogen (secondary N) is 1. The van der Waals surface area contributed by atoms with E-state index in [9.17, 15) is 4.39 Å². The summed E-state index contributed by atoms with van der Waals surface area (Å²) in [6.07, 6.45) is 6.51. The van der Waals surface area contributed by atoms with Crippen molar-refractivity contribution in [3.63, 3.8) is 0 Å². The number of nitrogen functional groups attached to an aromatic ring is 1. The second-order valence-corrected chi connectivity index (χ2v) is 4.16. The number of benzene rings is 1. The molecule has 0 bridgehead atoms. The third-order valence-corrected chi connectivity index (χ3v) is 2.84. The molecule has 6 heteroatoms. The van der Waals surface area contributed by atoms with Gasteiger partial charge in [-0.25, -0.2) is 9.37 Å². The van der Waals surface area contributed by atoms with Crippen LogP contribution in [0.4, 0.5) is 15.3 Å². The molecule has 0 radical (unpaired) electrons. The van der Waals surface area contributed by atoms with Crippen LogP contribution < -0.4 is 11.2 Å². The van der Waals surface area contributed by atoms with E-state index in [0.717, 1.165) is 0 Å². The van der Waals surface area contributed by atoms with E-state index < -0.39 is 5.82 Å². The summed E-state index contributed by atoms with van der Waals surface area (Å²) < 4.78 is 13.7. The summed E-state index contributed by atoms with van der Waals surface area (Å²) in [4.78, 5) is 3.94. The lowest BCUT2D eigenvalue weighted by atomic mass is 10.1. The van der Waals surface area contributed by atoms with Gasteiger partial charge in [0.2, 0.25) is 5.13 Å². The highest BCUT2D eigenvalue weighted by Crippen LogP contribution is 2.16. The Hall–Kier alpha value is -2.39. The molecule has 18 heavy (non-hydrogen) atoms. The van der Waals surface area contributed by atoms with Crippen LogP contribution in [0.1, 0.15) is 11.1 Å². The van der Waals surface area contributed by atoms with Gasteiger partial charge in [-0.2, -0.15) is 5.10 Å². The molecule has 0 spiro atoms. The van der Waals surface area contributed by atoms with Gasteiger partial charge in [0.05, 0.1) is 11.8 Å². The van der Waals surface area contributed by atoms with E-state index in [1.807, 2.05) is 0 Å². The van der Waals surface area contributed by atoms with Crippen molar-refractivity contribution in [2.75, 3.05) is 11.2 Å². The van der Waals surface area contributed by atoms with Gasteiger partial charge in [-0.1, -0.05) is 18.1 Å². The van der Waals surface area contributed by atoms with Gasteiger partial charge in [-0.05, 0) is 6.07 Å². The Bertz CT molecular complexity index is 627. The van der Waals surface area contributed by atoms with Gasteiger partial charge < -0.3 is 5.73 Å². The van der Waals surface area contributed by atoms with Crippen LogP contribution in [0.25, 0.3) is 0 Å². The first-order valence-electron chi connectivity index (χ1n) is 4.96. The predicted molar refractivity (Wildman–Crippen MR) is 72.1 cm³/mol. The number of aromatic nitrogens is 1. The van der Waals surface area contributed by atoms with Gasteiger partial charge in [0.1, 0.15) is 11.6 Å². The average molecular weight is 260 g/mol. The minimum atomic E-state index is -0.468. The molecule has 2 aromatic rings. The van der Waals surface area contributed by atoms with Gasteiger partial charge in [0.15, 0.2) is 0 Å². The number of rotatable bonds is 3. The molecule has 0 saturated carbocycles. The maximum Gasteiger partial charge on any atom is 0.205 e. The Morgan fingerprint density at radius 3 is 3.06 bits per heavy atom. The number of hydrogen-bond donors (Lipinski definition) is 2. The zero-order valence-electron chi connectivity index (χ0n) is 9.22.